The van der Waals surface area contributed by atoms with Gasteiger partial charge in [-0.3, -0.25) is 0 Å². The maximum Gasteiger partial charge on any atom is 0.0731 e. The highest BCUT2D eigenvalue weighted by Crippen LogP contribution is 2.22. The SMILES string of the molecule is C1=CC(=Nc2ccccc2)c2cc3cc4ccccc4n3c2=C1. The quantitative estimate of drug-likeness (QED) is 0.498. The third-order valence-corrected chi connectivity index (χ3v) is 4.34. The zero-order valence-electron chi connectivity index (χ0n) is 12.5. The van der Waals surface area contributed by atoms with E-state index in [-0.39, 0.29) is 0 Å². The molecule has 0 atom stereocenters. The smallest absolute Gasteiger partial charge is 0.0731 e. The van der Waals surface area contributed by atoms with Gasteiger partial charge in [-0.25, -0.2) is 4.99 Å². The molecular formula is C21H14N2. The summed E-state index contributed by atoms with van der Waals surface area (Å²) in [4.78, 5) is 4.81. The number of fused-ring (bicyclic) bond motifs is 5. The molecule has 0 N–H and O–H groups in total. The fraction of sp³-hybridized carbons (Fsp3) is 0. The molecule has 0 saturated carbocycles. The van der Waals surface area contributed by atoms with Gasteiger partial charge in [0.1, 0.15) is 0 Å². The summed E-state index contributed by atoms with van der Waals surface area (Å²) in [6, 6.07) is 23.1. The molecule has 2 aromatic carbocycles. The standard InChI is InChI=1S/C21H14N2/c1-2-8-16(9-3-1)22-19-10-6-12-21-18(19)14-17-13-15-7-4-5-11-20(15)23(17)21/h1-14H. The van der Waals surface area contributed by atoms with E-state index in [1.165, 1.54) is 27.3 Å². The van der Waals surface area contributed by atoms with Crippen LogP contribution in [0.3, 0.4) is 0 Å². The van der Waals surface area contributed by atoms with E-state index in [4.69, 9.17) is 4.99 Å². The van der Waals surface area contributed by atoms with Gasteiger partial charge in [-0.2, -0.15) is 0 Å². The van der Waals surface area contributed by atoms with Crippen LogP contribution in [0.25, 0.3) is 22.5 Å². The van der Waals surface area contributed by atoms with Crippen molar-refractivity contribution in [2.24, 2.45) is 4.99 Å². The molecule has 5 rings (SSSR count). The summed E-state index contributed by atoms with van der Waals surface area (Å²) in [5.74, 6) is 0. The van der Waals surface area contributed by atoms with Crippen molar-refractivity contribution in [1.82, 2.24) is 4.40 Å². The van der Waals surface area contributed by atoms with E-state index in [9.17, 15) is 0 Å². The van der Waals surface area contributed by atoms with Crippen molar-refractivity contribution >= 4 is 33.9 Å². The molecule has 23 heavy (non-hydrogen) atoms. The molecule has 0 radical (unpaired) electrons. The van der Waals surface area contributed by atoms with Crippen molar-refractivity contribution in [3.05, 3.63) is 89.8 Å². The molecule has 1 aliphatic rings. The molecule has 0 unspecified atom stereocenters. The first-order valence-corrected chi connectivity index (χ1v) is 7.75. The van der Waals surface area contributed by atoms with Crippen molar-refractivity contribution in [3.8, 4) is 0 Å². The van der Waals surface area contributed by atoms with E-state index in [0.717, 1.165) is 11.4 Å². The van der Waals surface area contributed by atoms with Crippen molar-refractivity contribution in [2.45, 2.75) is 0 Å². The number of allylic oxidation sites excluding steroid dienone is 2. The number of rotatable bonds is 1. The fourth-order valence-electron chi connectivity index (χ4n) is 3.32. The Morgan fingerprint density at radius 2 is 1.65 bits per heavy atom. The van der Waals surface area contributed by atoms with Crippen LogP contribution < -0.4 is 5.35 Å². The average molecular weight is 294 g/mol. The van der Waals surface area contributed by atoms with Gasteiger partial charge in [-0.1, -0.05) is 42.5 Å². The Hall–Kier alpha value is -3.13. The summed E-state index contributed by atoms with van der Waals surface area (Å²) >= 11 is 0. The Bertz CT molecular complexity index is 1140. The van der Waals surface area contributed by atoms with Gasteiger partial charge in [-0.15, -0.1) is 0 Å². The van der Waals surface area contributed by atoms with Gasteiger partial charge >= 0.3 is 0 Å². The largest absolute Gasteiger partial charge is 0.309 e. The van der Waals surface area contributed by atoms with Crippen LogP contribution in [0.15, 0.2) is 83.9 Å². The van der Waals surface area contributed by atoms with Gasteiger partial charge in [0.25, 0.3) is 0 Å². The van der Waals surface area contributed by atoms with Gasteiger partial charge in [0.05, 0.1) is 22.3 Å². The molecule has 2 heterocycles. The first-order chi connectivity index (χ1) is 11.4. The number of para-hydroxylation sites is 2. The molecule has 0 saturated heterocycles. The second-order valence-electron chi connectivity index (χ2n) is 5.77. The summed E-state index contributed by atoms with van der Waals surface area (Å²) in [5.41, 5.74) is 5.65. The zero-order valence-corrected chi connectivity index (χ0v) is 12.5. The Balaban J connectivity index is 1.80. The van der Waals surface area contributed by atoms with Gasteiger partial charge in [0.15, 0.2) is 0 Å². The zero-order chi connectivity index (χ0) is 15.2. The lowest BCUT2D eigenvalue weighted by Gasteiger charge is -2.04. The van der Waals surface area contributed by atoms with Crippen molar-refractivity contribution in [3.63, 3.8) is 0 Å². The predicted octanol–water partition coefficient (Wildman–Crippen LogP) is 4.28. The van der Waals surface area contributed by atoms with E-state index in [0.29, 0.717) is 0 Å². The first kappa shape index (κ1) is 12.4. The molecular weight excluding hydrogens is 280 g/mol. The number of aliphatic imine (C=N–C) groups is 1. The van der Waals surface area contributed by atoms with Crippen LogP contribution in [0.1, 0.15) is 5.56 Å². The number of aromatic nitrogens is 1. The molecule has 0 aliphatic heterocycles. The summed E-state index contributed by atoms with van der Waals surface area (Å²) in [6.07, 6.45) is 6.33. The van der Waals surface area contributed by atoms with Crippen molar-refractivity contribution in [2.75, 3.05) is 0 Å². The topological polar surface area (TPSA) is 16.8 Å². The minimum absolute atomic E-state index is 0.982. The third kappa shape index (κ3) is 1.85. The summed E-state index contributed by atoms with van der Waals surface area (Å²) < 4.78 is 2.31. The second kappa shape index (κ2) is 4.68. The van der Waals surface area contributed by atoms with Gasteiger partial charge < -0.3 is 4.40 Å². The molecule has 108 valence electrons. The van der Waals surface area contributed by atoms with E-state index in [1.54, 1.807) is 0 Å². The highest BCUT2D eigenvalue weighted by molar-refractivity contribution is 6.13. The van der Waals surface area contributed by atoms with E-state index < -0.39 is 0 Å². The summed E-state index contributed by atoms with van der Waals surface area (Å²) in [6.45, 7) is 0. The molecule has 4 aromatic rings. The molecule has 2 heteroatoms. The lowest BCUT2D eigenvalue weighted by atomic mass is 10.1. The molecule has 0 amide bonds. The number of benzene rings is 2. The number of nitrogens with zero attached hydrogens (tertiary/aromatic N) is 2. The normalized spacial score (nSPS) is 15.2. The predicted molar refractivity (Wildman–Crippen MR) is 96.4 cm³/mol. The van der Waals surface area contributed by atoms with E-state index in [1.807, 2.05) is 30.3 Å². The Morgan fingerprint density at radius 3 is 2.57 bits per heavy atom. The molecule has 2 aromatic heterocycles. The highest BCUT2D eigenvalue weighted by Gasteiger charge is 2.14. The Labute approximate surface area is 133 Å². The van der Waals surface area contributed by atoms with Crippen LogP contribution in [-0.2, 0) is 0 Å². The van der Waals surface area contributed by atoms with Crippen LogP contribution in [0.4, 0.5) is 5.69 Å². The average Bonchev–Trinajstić information content (AvgIpc) is 3.12. The second-order valence-corrected chi connectivity index (χ2v) is 5.77. The molecule has 0 bridgehead atoms. The van der Waals surface area contributed by atoms with Gasteiger partial charge in [0.2, 0.25) is 0 Å². The Kier molecular flexibility index (Phi) is 2.53. The van der Waals surface area contributed by atoms with Crippen LogP contribution in [0.5, 0.6) is 0 Å². The molecule has 2 nitrogen and oxygen atoms in total. The van der Waals surface area contributed by atoms with Gasteiger partial charge in [-0.05, 0) is 42.5 Å². The van der Waals surface area contributed by atoms with Gasteiger partial charge in [0, 0.05) is 16.5 Å². The van der Waals surface area contributed by atoms with Crippen LogP contribution in [0.2, 0.25) is 0 Å². The number of hydrogen-bond donors (Lipinski definition) is 0. The van der Waals surface area contributed by atoms with Crippen LogP contribution in [-0.4, -0.2) is 10.1 Å². The monoisotopic (exact) mass is 294 g/mol. The van der Waals surface area contributed by atoms with Crippen LogP contribution >= 0.6 is 0 Å². The minimum atomic E-state index is 0.982. The lowest BCUT2D eigenvalue weighted by Crippen LogP contribution is -2.18. The minimum Gasteiger partial charge on any atom is -0.309 e. The highest BCUT2D eigenvalue weighted by atomic mass is 14.9. The fourth-order valence-corrected chi connectivity index (χ4v) is 3.32. The maximum atomic E-state index is 4.81. The first-order valence-electron chi connectivity index (χ1n) is 7.75. The van der Waals surface area contributed by atoms with Crippen molar-refractivity contribution < 1.29 is 0 Å². The summed E-state index contributed by atoms with van der Waals surface area (Å²) in [7, 11) is 0. The third-order valence-electron chi connectivity index (χ3n) is 4.34. The van der Waals surface area contributed by atoms with E-state index >= 15 is 0 Å². The molecule has 0 spiro atoms. The lowest BCUT2D eigenvalue weighted by molar-refractivity contribution is 1.22. The number of hydrogen-bond acceptors (Lipinski definition) is 1. The van der Waals surface area contributed by atoms with E-state index in [2.05, 4.69) is 59.0 Å². The van der Waals surface area contributed by atoms with Crippen LogP contribution in [0, 0.1) is 0 Å². The maximum absolute atomic E-state index is 4.81. The molecule has 0 fully saturated rings. The molecule has 1 aliphatic carbocycles. The summed E-state index contributed by atoms with van der Waals surface area (Å²) in [5, 5.41) is 2.48. The Morgan fingerprint density at radius 1 is 0.826 bits per heavy atom. The van der Waals surface area contributed by atoms with Crippen molar-refractivity contribution in [1.29, 1.82) is 0 Å².